The van der Waals surface area contributed by atoms with E-state index in [2.05, 4.69) is 32.2 Å². The second kappa shape index (κ2) is 8.55. The van der Waals surface area contributed by atoms with E-state index >= 15 is 0 Å². The van der Waals surface area contributed by atoms with Gasteiger partial charge in [0, 0.05) is 17.1 Å². The minimum Gasteiger partial charge on any atom is -0.308 e. The largest absolute Gasteiger partial charge is 0.308 e. The highest BCUT2D eigenvalue weighted by molar-refractivity contribution is 6.31. The van der Waals surface area contributed by atoms with Crippen molar-refractivity contribution in [1.29, 1.82) is 0 Å². The Hall–Kier alpha value is -0.530. The molecule has 1 aromatic carbocycles. The second-order valence-electron chi connectivity index (χ2n) is 5.16. The fraction of sp³-hybridized carbons (Fsp3) is 0.625. The molecule has 1 N–H and O–H groups in total. The van der Waals surface area contributed by atoms with Crippen molar-refractivity contribution >= 4 is 11.6 Å². The lowest BCUT2D eigenvalue weighted by Gasteiger charge is -2.21. The molecule has 0 bridgehead atoms. The molecule has 2 heteroatoms. The standard InChI is InChI=1S/C16H26ClN/c1-4-5-6-7-10-13(2)18-14(3)15-11-8-9-12-16(15)17/h8-9,11-14,18H,4-7,10H2,1-3H3/t13?,14-/m1/s1. The van der Waals surface area contributed by atoms with Gasteiger partial charge in [0.2, 0.25) is 0 Å². The normalized spacial score (nSPS) is 14.4. The van der Waals surface area contributed by atoms with Gasteiger partial charge in [-0.05, 0) is 31.9 Å². The fourth-order valence-corrected chi connectivity index (χ4v) is 2.60. The first kappa shape index (κ1) is 15.5. The average Bonchev–Trinajstić information content (AvgIpc) is 2.35. The fourth-order valence-electron chi connectivity index (χ4n) is 2.30. The Morgan fingerprint density at radius 3 is 2.50 bits per heavy atom. The second-order valence-corrected chi connectivity index (χ2v) is 5.57. The summed E-state index contributed by atoms with van der Waals surface area (Å²) in [5.74, 6) is 0. The Morgan fingerprint density at radius 2 is 1.83 bits per heavy atom. The van der Waals surface area contributed by atoms with Crippen LogP contribution in [0.25, 0.3) is 0 Å². The molecule has 0 amide bonds. The third kappa shape index (κ3) is 5.41. The van der Waals surface area contributed by atoms with Crippen LogP contribution >= 0.6 is 11.6 Å². The van der Waals surface area contributed by atoms with Gasteiger partial charge in [0.05, 0.1) is 0 Å². The van der Waals surface area contributed by atoms with Crippen molar-refractivity contribution in [2.45, 2.75) is 65.0 Å². The Labute approximate surface area is 117 Å². The maximum Gasteiger partial charge on any atom is 0.0453 e. The van der Waals surface area contributed by atoms with E-state index in [1.165, 1.54) is 37.7 Å². The van der Waals surface area contributed by atoms with Crippen molar-refractivity contribution in [3.05, 3.63) is 34.9 Å². The molecule has 0 aliphatic heterocycles. The molecule has 1 nitrogen and oxygen atoms in total. The lowest BCUT2D eigenvalue weighted by molar-refractivity contribution is 0.438. The highest BCUT2D eigenvalue weighted by Crippen LogP contribution is 2.23. The van der Waals surface area contributed by atoms with Crippen molar-refractivity contribution < 1.29 is 0 Å². The molecule has 0 radical (unpaired) electrons. The number of nitrogens with one attached hydrogen (secondary N) is 1. The lowest BCUT2D eigenvalue weighted by Crippen LogP contribution is -2.29. The Bertz CT molecular complexity index is 338. The van der Waals surface area contributed by atoms with Crippen LogP contribution in [0.4, 0.5) is 0 Å². The molecular weight excluding hydrogens is 242 g/mol. The number of unbranched alkanes of at least 4 members (excludes halogenated alkanes) is 3. The third-order valence-corrected chi connectivity index (χ3v) is 3.74. The van der Waals surface area contributed by atoms with Crippen molar-refractivity contribution in [2.24, 2.45) is 0 Å². The molecule has 0 aromatic heterocycles. The van der Waals surface area contributed by atoms with Crippen LogP contribution in [0.1, 0.15) is 64.5 Å². The summed E-state index contributed by atoms with van der Waals surface area (Å²) in [6.07, 6.45) is 6.57. The smallest absolute Gasteiger partial charge is 0.0453 e. The number of rotatable bonds is 8. The number of benzene rings is 1. The Balaban J connectivity index is 2.35. The minimum atomic E-state index is 0.319. The average molecular weight is 268 g/mol. The maximum absolute atomic E-state index is 6.21. The first-order chi connectivity index (χ1) is 8.65. The molecule has 18 heavy (non-hydrogen) atoms. The Kier molecular flexibility index (Phi) is 7.38. The molecule has 1 rings (SSSR count). The summed E-state index contributed by atoms with van der Waals surface area (Å²) in [5, 5.41) is 4.49. The molecular formula is C16H26ClN. The van der Waals surface area contributed by atoms with Crippen LogP contribution in [0.2, 0.25) is 5.02 Å². The van der Waals surface area contributed by atoms with Gasteiger partial charge in [-0.1, -0.05) is 62.4 Å². The van der Waals surface area contributed by atoms with Gasteiger partial charge in [0.15, 0.2) is 0 Å². The van der Waals surface area contributed by atoms with E-state index < -0.39 is 0 Å². The summed E-state index contributed by atoms with van der Waals surface area (Å²) in [7, 11) is 0. The zero-order chi connectivity index (χ0) is 13.4. The first-order valence-corrected chi connectivity index (χ1v) is 7.53. The van der Waals surface area contributed by atoms with Crippen LogP contribution in [0.15, 0.2) is 24.3 Å². The van der Waals surface area contributed by atoms with E-state index in [1.807, 2.05) is 18.2 Å². The molecule has 1 unspecified atom stereocenters. The number of hydrogen-bond donors (Lipinski definition) is 1. The molecule has 0 aliphatic rings. The molecule has 0 spiro atoms. The van der Waals surface area contributed by atoms with Crippen LogP contribution in [0, 0.1) is 0 Å². The van der Waals surface area contributed by atoms with Gasteiger partial charge in [-0.15, -0.1) is 0 Å². The number of halogens is 1. The van der Waals surface area contributed by atoms with Gasteiger partial charge >= 0.3 is 0 Å². The van der Waals surface area contributed by atoms with E-state index in [0.29, 0.717) is 12.1 Å². The van der Waals surface area contributed by atoms with E-state index in [4.69, 9.17) is 11.6 Å². The van der Waals surface area contributed by atoms with Crippen molar-refractivity contribution in [3.63, 3.8) is 0 Å². The molecule has 102 valence electrons. The van der Waals surface area contributed by atoms with E-state index in [1.54, 1.807) is 0 Å². The van der Waals surface area contributed by atoms with Crippen LogP contribution in [0.3, 0.4) is 0 Å². The predicted octanol–water partition coefficient (Wildman–Crippen LogP) is 5.35. The van der Waals surface area contributed by atoms with Gasteiger partial charge in [-0.25, -0.2) is 0 Å². The monoisotopic (exact) mass is 267 g/mol. The molecule has 0 saturated carbocycles. The summed E-state index contributed by atoms with van der Waals surface area (Å²) in [4.78, 5) is 0. The van der Waals surface area contributed by atoms with Crippen LogP contribution in [0.5, 0.6) is 0 Å². The zero-order valence-corrected chi connectivity index (χ0v) is 12.6. The van der Waals surface area contributed by atoms with Crippen molar-refractivity contribution in [3.8, 4) is 0 Å². The summed E-state index contributed by atoms with van der Waals surface area (Å²) in [5.41, 5.74) is 1.19. The molecule has 0 saturated heterocycles. The van der Waals surface area contributed by atoms with Crippen LogP contribution in [-0.2, 0) is 0 Å². The topological polar surface area (TPSA) is 12.0 Å². The van der Waals surface area contributed by atoms with Crippen molar-refractivity contribution in [2.75, 3.05) is 0 Å². The SMILES string of the molecule is CCCCCCC(C)N[C@H](C)c1ccccc1Cl. The van der Waals surface area contributed by atoms with E-state index in [0.717, 1.165) is 5.02 Å². The summed E-state index contributed by atoms with van der Waals surface area (Å²) in [6.45, 7) is 6.70. The Morgan fingerprint density at radius 1 is 1.11 bits per heavy atom. The molecule has 0 fully saturated rings. The van der Waals surface area contributed by atoms with Gasteiger partial charge in [0.1, 0.15) is 0 Å². The minimum absolute atomic E-state index is 0.319. The molecule has 0 heterocycles. The summed E-state index contributed by atoms with van der Waals surface area (Å²) >= 11 is 6.21. The van der Waals surface area contributed by atoms with Gasteiger partial charge in [-0.3, -0.25) is 0 Å². The van der Waals surface area contributed by atoms with Gasteiger partial charge < -0.3 is 5.32 Å². The first-order valence-electron chi connectivity index (χ1n) is 7.15. The highest BCUT2D eigenvalue weighted by Gasteiger charge is 2.11. The third-order valence-electron chi connectivity index (χ3n) is 3.40. The zero-order valence-electron chi connectivity index (χ0n) is 11.9. The summed E-state index contributed by atoms with van der Waals surface area (Å²) < 4.78 is 0. The van der Waals surface area contributed by atoms with Crippen molar-refractivity contribution in [1.82, 2.24) is 5.32 Å². The lowest BCUT2D eigenvalue weighted by atomic mass is 10.0. The molecule has 0 aliphatic carbocycles. The van der Waals surface area contributed by atoms with Gasteiger partial charge in [0.25, 0.3) is 0 Å². The van der Waals surface area contributed by atoms with E-state index in [-0.39, 0.29) is 0 Å². The van der Waals surface area contributed by atoms with Crippen LogP contribution in [-0.4, -0.2) is 6.04 Å². The van der Waals surface area contributed by atoms with E-state index in [9.17, 15) is 0 Å². The van der Waals surface area contributed by atoms with Gasteiger partial charge in [-0.2, -0.15) is 0 Å². The van der Waals surface area contributed by atoms with Crippen LogP contribution < -0.4 is 5.32 Å². The quantitative estimate of drug-likeness (QED) is 0.626. The highest BCUT2D eigenvalue weighted by atomic mass is 35.5. The molecule has 1 aromatic rings. The summed E-state index contributed by atoms with van der Waals surface area (Å²) in [6, 6.07) is 8.95. The number of hydrogen-bond acceptors (Lipinski definition) is 1. The predicted molar refractivity (Wildman–Crippen MR) is 81.2 cm³/mol. The maximum atomic E-state index is 6.21. The molecule has 2 atom stereocenters.